The quantitative estimate of drug-likeness (QED) is 0.348. The number of hydrogen-bond donors (Lipinski definition) is 1. The number of nitrogens with one attached hydrogen (secondary N) is 1. The van der Waals surface area contributed by atoms with Crippen LogP contribution in [0.2, 0.25) is 15.1 Å². The average Bonchev–Trinajstić information content (AvgIpc) is 2.77. The highest BCUT2D eigenvalue weighted by atomic mass is 35.5. The molecule has 1 N–H and O–H groups in total. The Morgan fingerprint density at radius 3 is 2.39 bits per heavy atom. The van der Waals surface area contributed by atoms with Crippen LogP contribution >= 0.6 is 46.6 Å². The topological polar surface area (TPSA) is 49.4 Å². The van der Waals surface area contributed by atoms with Gasteiger partial charge in [0.2, 0.25) is 11.8 Å². The van der Waals surface area contributed by atoms with Gasteiger partial charge in [-0.3, -0.25) is 9.59 Å². The molecule has 0 aliphatic heterocycles. The van der Waals surface area contributed by atoms with E-state index in [4.69, 9.17) is 34.8 Å². The third-order valence-corrected chi connectivity index (χ3v) is 7.29. The molecular formula is C24H28Cl3FN2O2S. The maximum atomic E-state index is 14.1. The number of halogens is 4. The highest BCUT2D eigenvalue weighted by Gasteiger charge is 2.29. The highest BCUT2D eigenvalue weighted by molar-refractivity contribution is 7.99. The molecule has 2 amide bonds. The first-order valence-electron chi connectivity index (χ1n) is 10.7. The molecule has 2 atom stereocenters. The third kappa shape index (κ3) is 8.06. The Morgan fingerprint density at radius 2 is 1.79 bits per heavy atom. The number of amides is 2. The second-order valence-electron chi connectivity index (χ2n) is 7.71. The van der Waals surface area contributed by atoms with Crippen LogP contribution in [0, 0.1) is 5.82 Å². The van der Waals surface area contributed by atoms with Gasteiger partial charge in [-0.05, 0) is 49.6 Å². The molecule has 0 spiro atoms. The third-order valence-electron chi connectivity index (χ3n) is 5.26. The van der Waals surface area contributed by atoms with E-state index in [1.807, 2.05) is 20.8 Å². The second-order valence-corrected chi connectivity index (χ2v) is 9.91. The van der Waals surface area contributed by atoms with Crippen molar-refractivity contribution in [1.29, 1.82) is 0 Å². The van der Waals surface area contributed by atoms with E-state index < -0.39 is 11.9 Å². The van der Waals surface area contributed by atoms with E-state index in [2.05, 4.69) is 5.32 Å². The summed E-state index contributed by atoms with van der Waals surface area (Å²) in [6.07, 6.45) is 1.22. The fraction of sp³-hybridized carbons (Fsp3) is 0.417. The van der Waals surface area contributed by atoms with Crippen molar-refractivity contribution in [3.05, 3.63) is 68.4 Å². The van der Waals surface area contributed by atoms with E-state index in [-0.39, 0.29) is 35.9 Å². The number of nitrogens with zero attached hydrogens (tertiary/aromatic N) is 1. The van der Waals surface area contributed by atoms with E-state index >= 15 is 0 Å². The van der Waals surface area contributed by atoms with Gasteiger partial charge in [0.05, 0.1) is 15.8 Å². The lowest BCUT2D eigenvalue weighted by atomic mass is 10.1. The maximum absolute atomic E-state index is 14.1. The number of benzene rings is 2. The zero-order chi connectivity index (χ0) is 24.5. The lowest BCUT2D eigenvalue weighted by Crippen LogP contribution is -2.51. The summed E-state index contributed by atoms with van der Waals surface area (Å²) in [6, 6.07) is 8.96. The van der Waals surface area contributed by atoms with Crippen molar-refractivity contribution < 1.29 is 14.0 Å². The Hall–Kier alpha value is -1.47. The predicted molar refractivity (Wildman–Crippen MR) is 137 cm³/mol. The van der Waals surface area contributed by atoms with Gasteiger partial charge in [-0.15, -0.1) is 11.8 Å². The van der Waals surface area contributed by atoms with Crippen LogP contribution in [0.5, 0.6) is 0 Å². The van der Waals surface area contributed by atoms with Crippen molar-refractivity contribution in [3.63, 3.8) is 0 Å². The lowest BCUT2D eigenvalue weighted by Gasteiger charge is -2.31. The van der Waals surface area contributed by atoms with Gasteiger partial charge in [-0.1, -0.05) is 60.8 Å². The van der Waals surface area contributed by atoms with Crippen LogP contribution in [0.25, 0.3) is 0 Å². The molecule has 0 unspecified atom stereocenters. The Balaban J connectivity index is 2.21. The highest BCUT2D eigenvalue weighted by Crippen LogP contribution is 2.26. The zero-order valence-electron chi connectivity index (χ0n) is 18.8. The van der Waals surface area contributed by atoms with Gasteiger partial charge in [-0.2, -0.15) is 0 Å². The number of carbonyl (C=O) groups excluding carboxylic acids is 2. The van der Waals surface area contributed by atoms with Crippen LogP contribution in [0.4, 0.5) is 4.39 Å². The van der Waals surface area contributed by atoms with Gasteiger partial charge in [0.1, 0.15) is 11.9 Å². The first-order chi connectivity index (χ1) is 15.7. The summed E-state index contributed by atoms with van der Waals surface area (Å²) in [5.74, 6) is -0.533. The van der Waals surface area contributed by atoms with Crippen molar-refractivity contribution >= 4 is 58.4 Å². The zero-order valence-corrected chi connectivity index (χ0v) is 21.9. The van der Waals surface area contributed by atoms with Crippen molar-refractivity contribution in [2.75, 3.05) is 5.75 Å². The van der Waals surface area contributed by atoms with E-state index in [1.165, 1.54) is 23.9 Å². The van der Waals surface area contributed by atoms with E-state index in [1.54, 1.807) is 29.2 Å². The molecule has 0 heterocycles. The minimum Gasteiger partial charge on any atom is -0.352 e. The first-order valence-corrected chi connectivity index (χ1v) is 13.0. The van der Waals surface area contributed by atoms with Gasteiger partial charge in [0.15, 0.2) is 0 Å². The molecule has 0 aliphatic carbocycles. The molecule has 0 radical (unpaired) electrons. The first kappa shape index (κ1) is 27.8. The standard InChI is InChI=1S/C24H28Cl3FN2O2S/c1-4-15(3)29-24(32)22(5-2)30(12-16-9-10-19(26)20(27)11-16)23(31)14-33-13-17-18(25)7-6-8-21(17)28/h6-11,15,22H,4-5,12-14H2,1-3H3,(H,29,32)/t15-,22-/m0/s1. The van der Waals surface area contributed by atoms with Gasteiger partial charge in [0.25, 0.3) is 0 Å². The molecule has 180 valence electrons. The Labute approximate surface area is 214 Å². The molecule has 33 heavy (non-hydrogen) atoms. The molecule has 0 aliphatic rings. The fourth-order valence-corrected chi connectivity index (χ4v) is 4.76. The van der Waals surface area contributed by atoms with Crippen LogP contribution in [-0.2, 0) is 21.9 Å². The molecule has 4 nitrogen and oxygen atoms in total. The van der Waals surface area contributed by atoms with Gasteiger partial charge < -0.3 is 10.2 Å². The maximum Gasteiger partial charge on any atom is 0.243 e. The molecule has 9 heteroatoms. The Bertz CT molecular complexity index is 956. The van der Waals surface area contributed by atoms with E-state index in [9.17, 15) is 14.0 Å². The number of rotatable bonds is 11. The van der Waals surface area contributed by atoms with Crippen LogP contribution in [0.1, 0.15) is 44.7 Å². The molecule has 0 aromatic heterocycles. The molecule has 0 saturated heterocycles. The largest absolute Gasteiger partial charge is 0.352 e. The molecule has 2 aromatic rings. The van der Waals surface area contributed by atoms with Crippen molar-refractivity contribution in [2.24, 2.45) is 0 Å². The van der Waals surface area contributed by atoms with Gasteiger partial charge in [0, 0.05) is 28.9 Å². The van der Waals surface area contributed by atoms with Crippen molar-refractivity contribution in [3.8, 4) is 0 Å². The minimum absolute atomic E-state index is 0.00829. The molecule has 2 aromatic carbocycles. The normalized spacial score (nSPS) is 12.8. The molecule has 0 fully saturated rings. The predicted octanol–water partition coefficient (Wildman–Crippen LogP) is 6.74. The summed E-state index contributed by atoms with van der Waals surface area (Å²) in [6.45, 7) is 5.96. The summed E-state index contributed by atoms with van der Waals surface area (Å²) in [5, 5.41) is 4.08. The van der Waals surface area contributed by atoms with E-state index in [0.29, 0.717) is 27.1 Å². The molecule has 0 saturated carbocycles. The SMILES string of the molecule is CC[C@H](C)NC(=O)[C@H](CC)N(Cc1ccc(Cl)c(Cl)c1)C(=O)CSCc1c(F)cccc1Cl. The average molecular weight is 534 g/mol. The van der Waals surface area contributed by atoms with Gasteiger partial charge >= 0.3 is 0 Å². The minimum atomic E-state index is -0.654. The van der Waals surface area contributed by atoms with Crippen LogP contribution in [0.3, 0.4) is 0 Å². The summed E-state index contributed by atoms with van der Waals surface area (Å²) >= 11 is 19.5. The van der Waals surface area contributed by atoms with Crippen molar-refractivity contribution in [1.82, 2.24) is 10.2 Å². The molecular weight excluding hydrogens is 506 g/mol. The van der Waals surface area contributed by atoms with Crippen molar-refractivity contribution in [2.45, 2.75) is 58.0 Å². The second kappa shape index (κ2) is 13.4. The summed E-state index contributed by atoms with van der Waals surface area (Å²) in [4.78, 5) is 27.8. The number of carbonyl (C=O) groups is 2. The fourth-order valence-electron chi connectivity index (χ4n) is 3.19. The Kier molecular flexibility index (Phi) is 11.3. The van der Waals surface area contributed by atoms with Crippen LogP contribution in [0.15, 0.2) is 36.4 Å². The smallest absolute Gasteiger partial charge is 0.243 e. The summed E-state index contributed by atoms with van der Waals surface area (Å²) in [5.41, 5.74) is 1.12. The van der Waals surface area contributed by atoms with Crippen LogP contribution in [-0.4, -0.2) is 34.6 Å². The van der Waals surface area contributed by atoms with E-state index in [0.717, 1.165) is 12.0 Å². The summed E-state index contributed by atoms with van der Waals surface area (Å²) in [7, 11) is 0. The van der Waals surface area contributed by atoms with Gasteiger partial charge in [-0.25, -0.2) is 4.39 Å². The monoisotopic (exact) mass is 532 g/mol. The Morgan fingerprint density at radius 1 is 1.06 bits per heavy atom. The lowest BCUT2D eigenvalue weighted by molar-refractivity contribution is -0.139. The number of thioether (sulfide) groups is 1. The summed E-state index contributed by atoms with van der Waals surface area (Å²) < 4.78 is 14.1. The molecule has 0 bridgehead atoms. The van der Waals surface area contributed by atoms with Crippen LogP contribution < -0.4 is 5.32 Å². The molecule has 2 rings (SSSR count). The number of hydrogen-bond acceptors (Lipinski definition) is 3.